The number of methoxy groups -OCH3 is 1. The van der Waals surface area contributed by atoms with E-state index >= 15 is 0 Å². The third kappa shape index (κ3) is 3.34. The summed E-state index contributed by atoms with van der Waals surface area (Å²) in [5, 5.41) is 9.45. The highest BCUT2D eigenvalue weighted by Gasteiger charge is 2.16. The van der Waals surface area contributed by atoms with Gasteiger partial charge in [-0.05, 0) is 24.1 Å². The highest BCUT2D eigenvalue weighted by molar-refractivity contribution is 5.84. The van der Waals surface area contributed by atoms with Crippen LogP contribution in [-0.2, 0) is 13.0 Å². The van der Waals surface area contributed by atoms with Crippen molar-refractivity contribution in [1.29, 1.82) is 0 Å². The Balaban J connectivity index is 2.25. The molecule has 0 fully saturated rings. The fraction of sp³-hybridized carbons (Fsp3) is 0.263. The Hall–Kier alpha value is -2.86. The molecule has 0 atom stereocenters. The van der Waals surface area contributed by atoms with E-state index in [0.29, 0.717) is 29.5 Å². The summed E-state index contributed by atoms with van der Waals surface area (Å²) in [5.74, 6) is 0.606. The van der Waals surface area contributed by atoms with Gasteiger partial charge in [-0.25, -0.2) is 4.79 Å². The van der Waals surface area contributed by atoms with Crippen LogP contribution in [0.15, 0.2) is 52.1 Å². The van der Waals surface area contributed by atoms with Crippen LogP contribution < -0.4 is 16.0 Å². The molecule has 0 amide bonds. The van der Waals surface area contributed by atoms with Crippen LogP contribution >= 0.6 is 0 Å². The number of fused-ring (bicyclic) bond motifs is 1. The largest absolute Gasteiger partial charge is 0.496 e. The van der Waals surface area contributed by atoms with Gasteiger partial charge in [-0.15, -0.1) is 0 Å². The standard InChI is InChI=1S/C19H20N2O4/c1-25-16-9-8-15-17(14(16)12-13-6-3-2-4-7-13)18(23)21(10-5-11-22)19(24)20-15/h2-4,6-9,22H,5,10-12H2,1H3,(H,20,24). The average Bonchev–Trinajstić information content (AvgIpc) is 2.62. The number of hydrogen-bond donors (Lipinski definition) is 2. The number of benzene rings is 2. The fourth-order valence-corrected chi connectivity index (χ4v) is 2.99. The van der Waals surface area contributed by atoms with Gasteiger partial charge in [0, 0.05) is 25.1 Å². The van der Waals surface area contributed by atoms with Crippen LogP contribution in [0.2, 0.25) is 0 Å². The van der Waals surface area contributed by atoms with Crippen molar-refractivity contribution < 1.29 is 9.84 Å². The molecule has 0 aliphatic rings. The van der Waals surface area contributed by atoms with Gasteiger partial charge in [-0.2, -0.15) is 0 Å². The number of nitrogens with zero attached hydrogens (tertiary/aromatic N) is 1. The topological polar surface area (TPSA) is 84.3 Å². The average molecular weight is 340 g/mol. The SMILES string of the molecule is COc1ccc2[nH]c(=O)n(CCCO)c(=O)c2c1Cc1ccccc1. The molecular formula is C19H20N2O4. The first kappa shape index (κ1) is 17.0. The summed E-state index contributed by atoms with van der Waals surface area (Å²) < 4.78 is 6.58. The molecule has 0 unspecified atom stereocenters. The molecule has 6 heteroatoms. The molecule has 0 bridgehead atoms. The highest BCUT2D eigenvalue weighted by Crippen LogP contribution is 2.27. The zero-order chi connectivity index (χ0) is 17.8. The van der Waals surface area contributed by atoms with Crippen molar-refractivity contribution in [2.24, 2.45) is 0 Å². The van der Waals surface area contributed by atoms with Crippen LogP contribution in [0.3, 0.4) is 0 Å². The summed E-state index contributed by atoms with van der Waals surface area (Å²) in [5.41, 5.74) is 1.44. The molecule has 130 valence electrons. The lowest BCUT2D eigenvalue weighted by atomic mass is 10.00. The van der Waals surface area contributed by atoms with Crippen molar-refractivity contribution >= 4 is 10.9 Å². The lowest BCUT2D eigenvalue weighted by Gasteiger charge is -2.13. The fourth-order valence-electron chi connectivity index (χ4n) is 2.99. The smallest absolute Gasteiger partial charge is 0.328 e. The minimum Gasteiger partial charge on any atom is -0.496 e. The number of aliphatic hydroxyl groups excluding tert-OH is 1. The predicted molar refractivity (Wildman–Crippen MR) is 96.3 cm³/mol. The van der Waals surface area contributed by atoms with E-state index in [1.165, 1.54) is 0 Å². The summed E-state index contributed by atoms with van der Waals surface area (Å²) >= 11 is 0. The molecule has 0 saturated heterocycles. The Labute approximate surface area is 144 Å². The molecule has 0 spiro atoms. The molecule has 0 aliphatic carbocycles. The summed E-state index contributed by atoms with van der Waals surface area (Å²) in [4.78, 5) is 27.9. The number of nitrogens with one attached hydrogen (secondary N) is 1. The molecule has 1 aromatic heterocycles. The van der Waals surface area contributed by atoms with E-state index in [2.05, 4.69) is 4.98 Å². The van der Waals surface area contributed by atoms with E-state index in [0.717, 1.165) is 15.7 Å². The normalized spacial score (nSPS) is 11.0. The van der Waals surface area contributed by atoms with E-state index in [9.17, 15) is 9.59 Å². The zero-order valence-electron chi connectivity index (χ0n) is 14.0. The molecule has 0 aliphatic heterocycles. The first-order chi connectivity index (χ1) is 12.2. The Kier molecular flexibility index (Phi) is 5.00. The van der Waals surface area contributed by atoms with Crippen LogP contribution in [0.4, 0.5) is 0 Å². The van der Waals surface area contributed by atoms with Crippen LogP contribution in [-0.4, -0.2) is 28.4 Å². The maximum Gasteiger partial charge on any atom is 0.328 e. The third-order valence-corrected chi connectivity index (χ3v) is 4.20. The van der Waals surface area contributed by atoms with E-state index in [4.69, 9.17) is 9.84 Å². The number of ether oxygens (including phenoxy) is 1. The molecule has 2 N–H and O–H groups in total. The first-order valence-electron chi connectivity index (χ1n) is 8.13. The number of aliphatic hydroxyl groups is 1. The molecular weight excluding hydrogens is 320 g/mol. The third-order valence-electron chi connectivity index (χ3n) is 4.20. The van der Waals surface area contributed by atoms with E-state index in [1.54, 1.807) is 19.2 Å². The zero-order valence-corrected chi connectivity index (χ0v) is 14.0. The number of hydrogen-bond acceptors (Lipinski definition) is 4. The second kappa shape index (κ2) is 7.36. The van der Waals surface area contributed by atoms with Gasteiger partial charge < -0.3 is 14.8 Å². The maximum atomic E-state index is 12.9. The minimum absolute atomic E-state index is 0.0844. The predicted octanol–water partition coefficient (Wildman–Crippen LogP) is 1.67. The Morgan fingerprint density at radius 3 is 2.56 bits per heavy atom. The van der Waals surface area contributed by atoms with Gasteiger partial charge in [0.1, 0.15) is 5.75 Å². The Bertz CT molecular complexity index is 990. The van der Waals surface area contributed by atoms with Crippen LogP contribution in [0, 0.1) is 0 Å². The minimum atomic E-state index is -0.471. The summed E-state index contributed by atoms with van der Waals surface area (Å²) in [6.07, 6.45) is 0.856. The van der Waals surface area contributed by atoms with Crippen molar-refractivity contribution in [2.75, 3.05) is 13.7 Å². The van der Waals surface area contributed by atoms with Crippen LogP contribution in [0.5, 0.6) is 5.75 Å². The van der Waals surface area contributed by atoms with Crippen LogP contribution in [0.25, 0.3) is 10.9 Å². The number of rotatable bonds is 6. The van der Waals surface area contributed by atoms with Gasteiger partial charge >= 0.3 is 5.69 Å². The van der Waals surface area contributed by atoms with Crippen LogP contribution in [0.1, 0.15) is 17.5 Å². The van der Waals surface area contributed by atoms with Crippen molar-refractivity contribution in [3.63, 3.8) is 0 Å². The Morgan fingerprint density at radius 1 is 1.12 bits per heavy atom. The summed E-state index contributed by atoms with van der Waals surface area (Å²) in [6.45, 7) is 0.0848. The lowest BCUT2D eigenvalue weighted by Crippen LogP contribution is -2.35. The summed E-state index contributed by atoms with van der Waals surface area (Å²) in [6, 6.07) is 13.2. The number of H-pyrrole nitrogens is 1. The molecule has 0 saturated carbocycles. The number of aromatic nitrogens is 2. The quantitative estimate of drug-likeness (QED) is 0.715. The molecule has 25 heavy (non-hydrogen) atoms. The van der Waals surface area contributed by atoms with Gasteiger partial charge in [0.05, 0.1) is 18.0 Å². The van der Waals surface area contributed by atoms with Crippen molar-refractivity contribution in [1.82, 2.24) is 9.55 Å². The first-order valence-corrected chi connectivity index (χ1v) is 8.13. The molecule has 2 aromatic carbocycles. The second-order valence-corrected chi connectivity index (χ2v) is 5.80. The van der Waals surface area contributed by atoms with Gasteiger partial charge in [0.2, 0.25) is 0 Å². The lowest BCUT2D eigenvalue weighted by molar-refractivity contribution is 0.278. The highest BCUT2D eigenvalue weighted by atomic mass is 16.5. The monoisotopic (exact) mass is 340 g/mol. The van der Waals surface area contributed by atoms with Gasteiger partial charge in [0.25, 0.3) is 5.56 Å². The van der Waals surface area contributed by atoms with Crippen molar-refractivity contribution in [3.8, 4) is 5.75 Å². The molecule has 3 rings (SSSR count). The molecule has 6 nitrogen and oxygen atoms in total. The summed E-state index contributed by atoms with van der Waals surface area (Å²) in [7, 11) is 1.56. The Morgan fingerprint density at radius 2 is 1.88 bits per heavy atom. The van der Waals surface area contributed by atoms with E-state index in [-0.39, 0.29) is 18.7 Å². The maximum absolute atomic E-state index is 12.9. The van der Waals surface area contributed by atoms with Crippen molar-refractivity contribution in [3.05, 3.63) is 74.4 Å². The van der Waals surface area contributed by atoms with Crippen molar-refractivity contribution in [2.45, 2.75) is 19.4 Å². The molecule has 1 heterocycles. The number of aromatic amines is 1. The van der Waals surface area contributed by atoms with Gasteiger partial charge in [-0.1, -0.05) is 30.3 Å². The second-order valence-electron chi connectivity index (χ2n) is 5.80. The van der Waals surface area contributed by atoms with Gasteiger partial charge in [0.15, 0.2) is 0 Å². The molecule has 0 radical (unpaired) electrons. The molecule has 3 aromatic rings. The van der Waals surface area contributed by atoms with Gasteiger partial charge in [-0.3, -0.25) is 9.36 Å². The van der Waals surface area contributed by atoms with E-state index in [1.807, 2.05) is 30.3 Å². The van der Waals surface area contributed by atoms with E-state index < -0.39 is 5.69 Å².